The zero-order valence-electron chi connectivity index (χ0n) is 53.8. The Bertz CT molecular complexity index is 4550. The minimum Gasteiger partial charge on any atom is -0.338 e. The predicted octanol–water partition coefficient (Wildman–Crippen LogP) is 23.2. The Morgan fingerprint density at radius 3 is 1.22 bits per heavy atom. The molecule has 9 aromatic carbocycles. The van der Waals surface area contributed by atoms with Gasteiger partial charge in [0.15, 0.2) is 0 Å². The number of aryl methyl sites for hydroxylation is 6. The van der Waals surface area contributed by atoms with Crippen LogP contribution in [0.3, 0.4) is 0 Å². The van der Waals surface area contributed by atoms with Gasteiger partial charge in [-0.05, 0) is 233 Å². The summed E-state index contributed by atoms with van der Waals surface area (Å²) in [6, 6.07) is 76.4. The molecule has 2 aromatic heterocycles. The number of benzene rings is 9. The van der Waals surface area contributed by atoms with E-state index < -0.39 is 0 Å². The van der Waals surface area contributed by atoms with E-state index in [1.54, 1.807) is 0 Å². The Kier molecular flexibility index (Phi) is 15.6. The smallest absolute Gasteiger partial charge is 0.111 e. The van der Waals surface area contributed by atoms with Gasteiger partial charge in [0.25, 0.3) is 0 Å². The molecule has 0 aliphatic heterocycles. The summed E-state index contributed by atoms with van der Waals surface area (Å²) in [6.45, 7) is 19.9. The Morgan fingerprint density at radius 2 is 0.800 bits per heavy atom. The van der Waals surface area contributed by atoms with Crippen LogP contribution in [0.15, 0.2) is 253 Å². The average Bonchev–Trinajstić information content (AvgIpc) is 1.57. The van der Waals surface area contributed by atoms with E-state index in [0.717, 1.165) is 84.8 Å². The maximum Gasteiger partial charge on any atom is 0.111 e. The molecular formula is C84H82N6. The molecule has 0 saturated carbocycles. The lowest BCUT2D eigenvalue weighted by molar-refractivity contribution is 0.417. The molecular weight excluding hydrogens is 1090 g/mol. The van der Waals surface area contributed by atoms with Crippen LogP contribution in [-0.4, -0.2) is 15.2 Å². The van der Waals surface area contributed by atoms with Crippen LogP contribution < -0.4 is 19.6 Å². The molecule has 0 saturated heterocycles. The predicted molar refractivity (Wildman–Crippen MR) is 385 cm³/mol. The van der Waals surface area contributed by atoms with Gasteiger partial charge in [0.2, 0.25) is 0 Å². The van der Waals surface area contributed by atoms with Crippen LogP contribution in [0.5, 0.6) is 0 Å². The van der Waals surface area contributed by atoms with E-state index in [1.807, 2.05) is 0 Å². The summed E-state index contributed by atoms with van der Waals surface area (Å²) in [5.41, 5.74) is 29.6. The van der Waals surface area contributed by atoms with Gasteiger partial charge in [0, 0.05) is 90.0 Å². The lowest BCUT2D eigenvalue weighted by Crippen LogP contribution is -2.35. The summed E-state index contributed by atoms with van der Waals surface area (Å²) in [7, 11) is 0. The average molecular weight is 1180 g/mol. The normalized spacial score (nSPS) is 15.1. The second kappa shape index (κ2) is 24.3. The first-order valence-corrected chi connectivity index (χ1v) is 32.6. The molecule has 448 valence electrons. The number of hydrogen-bond donors (Lipinski definition) is 0. The third kappa shape index (κ3) is 11.1. The summed E-state index contributed by atoms with van der Waals surface area (Å²) >= 11 is 0. The van der Waals surface area contributed by atoms with Crippen molar-refractivity contribution in [1.82, 2.24) is 9.13 Å². The van der Waals surface area contributed by atoms with Crippen molar-refractivity contribution in [2.24, 2.45) is 0 Å². The van der Waals surface area contributed by atoms with E-state index in [4.69, 9.17) is 0 Å². The summed E-state index contributed by atoms with van der Waals surface area (Å²) in [4.78, 5) is 10.0. The number of aromatic nitrogens is 2. The number of nitrogens with zero attached hydrogens (tertiary/aromatic N) is 6. The topological polar surface area (TPSA) is 22.8 Å². The lowest BCUT2D eigenvalue weighted by atomic mass is 9.95. The highest BCUT2D eigenvalue weighted by molar-refractivity contribution is 6.11. The van der Waals surface area contributed by atoms with Crippen molar-refractivity contribution in [2.75, 3.05) is 19.6 Å². The maximum atomic E-state index is 2.78. The molecule has 0 bridgehead atoms. The standard InChI is InChI=1S/C84H82N6/c1-10-11-84(89-80-48-44-72(85(64-28-12-56(2)13-29-64)65-30-14-57(3)15-31-65)52-76(80)77-53-73(45-49-81(77)89)86(66-32-16-58(4)17-33-66)67-34-18-59(5)19-35-67)90-82-50-46-74(87(68-36-20-60(6)21-37-68)69-38-22-61(7)23-39-69)54-78(82)79-55-75(47-51-83(79)90)88(70-40-24-62(8)25-41-70)71-42-26-63(9)27-43-71/h12-26,28-34,36-42,44,46-48,50-55,67,84H,10-11,27,35,43,45,49H2,1-9H3. The van der Waals surface area contributed by atoms with E-state index in [1.165, 1.54) is 111 Å². The minimum atomic E-state index is -0.0701. The zero-order valence-corrected chi connectivity index (χ0v) is 53.8. The molecule has 3 aliphatic rings. The first kappa shape index (κ1) is 57.9. The minimum absolute atomic E-state index is 0.0701. The van der Waals surface area contributed by atoms with Crippen LogP contribution in [0.4, 0.5) is 51.2 Å². The molecule has 3 aliphatic carbocycles. The molecule has 6 nitrogen and oxygen atoms in total. The first-order valence-electron chi connectivity index (χ1n) is 32.6. The van der Waals surface area contributed by atoms with Gasteiger partial charge >= 0.3 is 0 Å². The van der Waals surface area contributed by atoms with Crippen molar-refractivity contribution in [3.05, 3.63) is 298 Å². The van der Waals surface area contributed by atoms with Gasteiger partial charge < -0.3 is 28.7 Å². The number of anilines is 9. The van der Waals surface area contributed by atoms with Crippen molar-refractivity contribution < 1.29 is 0 Å². The number of hydrogen-bond acceptors (Lipinski definition) is 4. The number of rotatable bonds is 16. The largest absolute Gasteiger partial charge is 0.338 e. The summed E-state index contributed by atoms with van der Waals surface area (Å²) in [5.74, 6) is 0. The van der Waals surface area contributed by atoms with Gasteiger partial charge in [-0.25, -0.2) is 0 Å². The summed E-state index contributed by atoms with van der Waals surface area (Å²) in [5, 5.41) is 3.73. The van der Waals surface area contributed by atoms with Gasteiger partial charge in [-0.3, -0.25) is 0 Å². The van der Waals surface area contributed by atoms with Crippen LogP contribution >= 0.6 is 0 Å². The van der Waals surface area contributed by atoms with E-state index >= 15 is 0 Å². The fourth-order valence-corrected chi connectivity index (χ4v) is 14.2. The zero-order chi connectivity index (χ0) is 61.7. The fraction of sp³-hybridized carbons (Fsp3) is 0.214. The van der Waals surface area contributed by atoms with Gasteiger partial charge in [-0.2, -0.15) is 0 Å². The van der Waals surface area contributed by atoms with Crippen molar-refractivity contribution in [1.29, 1.82) is 0 Å². The second-order valence-corrected chi connectivity index (χ2v) is 25.8. The van der Waals surface area contributed by atoms with Crippen LogP contribution in [0.1, 0.15) is 110 Å². The lowest BCUT2D eigenvalue weighted by Gasteiger charge is -2.37. The van der Waals surface area contributed by atoms with Gasteiger partial charge in [0.05, 0.1) is 22.6 Å². The third-order valence-corrected chi connectivity index (χ3v) is 19.0. The highest BCUT2D eigenvalue weighted by Gasteiger charge is 2.32. The molecule has 14 rings (SSSR count). The van der Waals surface area contributed by atoms with Gasteiger partial charge in [-0.1, -0.05) is 155 Å². The third-order valence-electron chi connectivity index (χ3n) is 19.0. The molecule has 2 unspecified atom stereocenters. The van der Waals surface area contributed by atoms with Crippen molar-refractivity contribution in [3.8, 4) is 0 Å². The van der Waals surface area contributed by atoms with Crippen LogP contribution in [-0.2, 0) is 6.42 Å². The van der Waals surface area contributed by atoms with Crippen LogP contribution in [0.25, 0.3) is 38.8 Å². The van der Waals surface area contributed by atoms with E-state index in [9.17, 15) is 0 Å². The Balaban J connectivity index is 1.03. The van der Waals surface area contributed by atoms with Crippen molar-refractivity contribution in [3.63, 3.8) is 0 Å². The molecule has 2 heterocycles. The highest BCUT2D eigenvalue weighted by atomic mass is 15.2. The Hall–Kier alpha value is -9.78. The number of allylic oxidation sites excluding steroid dienone is 7. The highest BCUT2D eigenvalue weighted by Crippen LogP contribution is 2.48. The Morgan fingerprint density at radius 1 is 0.400 bits per heavy atom. The van der Waals surface area contributed by atoms with Crippen LogP contribution in [0, 0.1) is 41.5 Å². The van der Waals surface area contributed by atoms with Gasteiger partial charge in [-0.15, -0.1) is 0 Å². The van der Waals surface area contributed by atoms with Crippen LogP contribution in [0.2, 0.25) is 0 Å². The molecule has 0 radical (unpaired) electrons. The molecule has 90 heavy (non-hydrogen) atoms. The summed E-state index contributed by atoms with van der Waals surface area (Å²) < 4.78 is 5.51. The SMILES string of the molecule is CCCC(n1c2c(c3cc(N(c4ccc(C)cc4)c4ccc(C)cc4)ccc31)C=C(N(c1ccc(C)cc1)C1C=CC(C)=CC1)CC2)n1c2ccc(N(C3=CC=C(C)CC3)c3ccc(C)cc3)cc2c2cc(N(c3ccc(C)cc3)c3ccc(C)cc3)ccc21. The van der Waals surface area contributed by atoms with E-state index in [-0.39, 0.29) is 12.2 Å². The van der Waals surface area contributed by atoms with Crippen molar-refractivity contribution >= 4 is 90.0 Å². The van der Waals surface area contributed by atoms with Gasteiger partial charge in [0.1, 0.15) is 6.17 Å². The summed E-state index contributed by atoms with van der Waals surface area (Å²) in [6.07, 6.45) is 21.0. The maximum absolute atomic E-state index is 2.78. The Labute approximate surface area is 533 Å². The molecule has 0 amide bonds. The fourth-order valence-electron chi connectivity index (χ4n) is 14.2. The van der Waals surface area contributed by atoms with E-state index in [0.29, 0.717) is 0 Å². The monoisotopic (exact) mass is 1170 g/mol. The molecule has 0 N–H and O–H groups in total. The first-order chi connectivity index (χ1) is 43.8. The molecule has 2 atom stereocenters. The second-order valence-electron chi connectivity index (χ2n) is 25.8. The molecule has 0 fully saturated rings. The van der Waals surface area contributed by atoms with Crippen molar-refractivity contribution in [2.45, 2.75) is 119 Å². The molecule has 11 aromatic rings. The van der Waals surface area contributed by atoms with E-state index in [2.05, 4.69) is 328 Å². The quantitative estimate of drug-likeness (QED) is 0.0962. The molecule has 6 heteroatoms. The number of fused-ring (bicyclic) bond motifs is 6. The molecule has 0 spiro atoms.